The fraction of sp³-hybridized carbons (Fsp3) is 0.438. The van der Waals surface area contributed by atoms with E-state index < -0.39 is 0 Å². The number of hydrogen-bond acceptors (Lipinski definition) is 4. The van der Waals surface area contributed by atoms with Crippen molar-refractivity contribution in [1.29, 1.82) is 0 Å². The van der Waals surface area contributed by atoms with E-state index in [-0.39, 0.29) is 18.2 Å². The van der Waals surface area contributed by atoms with Gasteiger partial charge in [0.25, 0.3) is 0 Å². The molecule has 0 radical (unpaired) electrons. The molecule has 2 atom stereocenters. The molecule has 0 spiro atoms. The molecule has 2 fully saturated rings. The minimum atomic E-state index is -0.292. The Morgan fingerprint density at radius 3 is 2.95 bits per heavy atom. The third-order valence-electron chi connectivity index (χ3n) is 3.98. The average Bonchev–Trinajstić information content (AvgIpc) is 2.93. The standard InChI is InChI=1S/C16H19NO3/c1-19-16(18)10-13-8-5-9-15-17(13)14(11-20-15)12-6-3-2-4-7-12/h2-4,6-7,10,14-15H,5,8-9,11H2,1H3/b13-10-/t14-,15-/m1/s1. The molecule has 0 bridgehead atoms. The van der Waals surface area contributed by atoms with Gasteiger partial charge in [-0.25, -0.2) is 4.79 Å². The molecule has 1 aromatic rings. The third kappa shape index (κ3) is 2.43. The van der Waals surface area contributed by atoms with E-state index in [1.54, 1.807) is 6.08 Å². The van der Waals surface area contributed by atoms with Crippen molar-refractivity contribution in [2.75, 3.05) is 13.7 Å². The predicted molar refractivity (Wildman–Crippen MR) is 74.7 cm³/mol. The number of allylic oxidation sites excluding steroid dienone is 1. The first kappa shape index (κ1) is 13.2. The van der Waals surface area contributed by atoms with Crippen LogP contribution in [0, 0.1) is 0 Å². The summed E-state index contributed by atoms with van der Waals surface area (Å²) in [6.45, 7) is 0.674. The summed E-state index contributed by atoms with van der Waals surface area (Å²) >= 11 is 0. The van der Waals surface area contributed by atoms with E-state index >= 15 is 0 Å². The first-order valence-corrected chi connectivity index (χ1v) is 7.03. The van der Waals surface area contributed by atoms with Crippen molar-refractivity contribution in [3.05, 3.63) is 47.7 Å². The predicted octanol–water partition coefficient (Wildman–Crippen LogP) is 2.63. The van der Waals surface area contributed by atoms with Gasteiger partial charge in [0.15, 0.2) is 0 Å². The van der Waals surface area contributed by atoms with Crippen LogP contribution in [0.1, 0.15) is 30.9 Å². The van der Waals surface area contributed by atoms with Crippen LogP contribution in [0.25, 0.3) is 0 Å². The van der Waals surface area contributed by atoms with Crippen molar-refractivity contribution in [3.63, 3.8) is 0 Å². The number of methoxy groups -OCH3 is 1. The Labute approximate surface area is 119 Å². The number of piperidine rings is 1. The van der Waals surface area contributed by atoms with E-state index in [0.29, 0.717) is 6.61 Å². The lowest BCUT2D eigenvalue weighted by Gasteiger charge is -2.36. The average molecular weight is 273 g/mol. The third-order valence-corrected chi connectivity index (χ3v) is 3.98. The normalized spacial score (nSPS) is 27.4. The minimum Gasteiger partial charge on any atom is -0.466 e. The summed E-state index contributed by atoms with van der Waals surface area (Å²) < 4.78 is 10.7. The molecule has 106 valence electrons. The highest BCUT2D eigenvalue weighted by molar-refractivity contribution is 5.82. The van der Waals surface area contributed by atoms with E-state index in [9.17, 15) is 4.79 Å². The first-order chi connectivity index (χ1) is 9.79. The highest BCUT2D eigenvalue weighted by atomic mass is 16.5. The zero-order chi connectivity index (χ0) is 13.9. The Morgan fingerprint density at radius 1 is 1.40 bits per heavy atom. The van der Waals surface area contributed by atoms with Crippen LogP contribution >= 0.6 is 0 Å². The van der Waals surface area contributed by atoms with Crippen LogP contribution in [0.15, 0.2) is 42.1 Å². The molecule has 4 heteroatoms. The Morgan fingerprint density at radius 2 is 2.20 bits per heavy atom. The molecule has 0 unspecified atom stereocenters. The lowest BCUT2D eigenvalue weighted by molar-refractivity contribution is -0.135. The Balaban J connectivity index is 1.90. The number of esters is 1. The van der Waals surface area contributed by atoms with Gasteiger partial charge in [-0.1, -0.05) is 30.3 Å². The van der Waals surface area contributed by atoms with Gasteiger partial charge in [0, 0.05) is 11.8 Å². The number of hydrogen-bond donors (Lipinski definition) is 0. The van der Waals surface area contributed by atoms with E-state index in [4.69, 9.17) is 9.47 Å². The van der Waals surface area contributed by atoms with Gasteiger partial charge in [-0.05, 0) is 24.8 Å². The molecular formula is C16H19NO3. The number of fused-ring (bicyclic) bond motifs is 1. The molecule has 2 aliphatic rings. The monoisotopic (exact) mass is 273 g/mol. The molecular weight excluding hydrogens is 254 g/mol. The lowest BCUT2D eigenvalue weighted by Crippen LogP contribution is -2.35. The van der Waals surface area contributed by atoms with Crippen molar-refractivity contribution < 1.29 is 14.3 Å². The lowest BCUT2D eigenvalue weighted by atomic mass is 10.0. The van der Waals surface area contributed by atoms with Crippen molar-refractivity contribution in [3.8, 4) is 0 Å². The number of nitrogens with zero attached hydrogens (tertiary/aromatic N) is 1. The molecule has 20 heavy (non-hydrogen) atoms. The van der Waals surface area contributed by atoms with Crippen molar-refractivity contribution in [2.24, 2.45) is 0 Å². The van der Waals surface area contributed by atoms with Crippen molar-refractivity contribution >= 4 is 5.97 Å². The van der Waals surface area contributed by atoms with Crippen LogP contribution in [0.4, 0.5) is 0 Å². The number of rotatable bonds is 2. The van der Waals surface area contributed by atoms with E-state index in [1.807, 2.05) is 18.2 Å². The molecule has 1 aromatic carbocycles. The summed E-state index contributed by atoms with van der Waals surface area (Å²) in [6, 6.07) is 10.5. The summed E-state index contributed by atoms with van der Waals surface area (Å²) in [6.07, 6.45) is 4.66. The van der Waals surface area contributed by atoms with E-state index in [1.165, 1.54) is 12.7 Å². The maximum atomic E-state index is 11.5. The number of benzene rings is 1. The molecule has 4 nitrogen and oxygen atoms in total. The summed E-state index contributed by atoms with van der Waals surface area (Å²) in [5.74, 6) is -0.292. The van der Waals surface area contributed by atoms with Crippen LogP contribution < -0.4 is 0 Å². The van der Waals surface area contributed by atoms with Gasteiger partial charge in [-0.15, -0.1) is 0 Å². The van der Waals surface area contributed by atoms with Crippen LogP contribution in [0.2, 0.25) is 0 Å². The second kappa shape index (κ2) is 5.67. The van der Waals surface area contributed by atoms with Gasteiger partial charge >= 0.3 is 5.97 Å². The SMILES string of the molecule is COC(=O)/C=C1/CCC[C@H]2OC[C@H](c3ccccc3)N12. The number of ether oxygens (including phenoxy) is 2. The van der Waals surface area contributed by atoms with Crippen molar-refractivity contribution in [2.45, 2.75) is 31.5 Å². The first-order valence-electron chi connectivity index (χ1n) is 7.03. The van der Waals surface area contributed by atoms with Gasteiger partial charge < -0.3 is 14.4 Å². The van der Waals surface area contributed by atoms with Crippen LogP contribution in [0.3, 0.4) is 0 Å². The van der Waals surface area contributed by atoms with Crippen LogP contribution in [0.5, 0.6) is 0 Å². The van der Waals surface area contributed by atoms with E-state index in [0.717, 1.165) is 25.0 Å². The van der Waals surface area contributed by atoms with E-state index in [2.05, 4.69) is 17.0 Å². The summed E-state index contributed by atoms with van der Waals surface area (Å²) in [5.41, 5.74) is 2.26. The quantitative estimate of drug-likeness (QED) is 0.613. The smallest absolute Gasteiger partial charge is 0.332 e. The highest BCUT2D eigenvalue weighted by Crippen LogP contribution is 2.40. The fourth-order valence-electron chi connectivity index (χ4n) is 3.03. The van der Waals surface area contributed by atoms with Gasteiger partial charge in [-0.2, -0.15) is 0 Å². The topological polar surface area (TPSA) is 38.8 Å². The van der Waals surface area contributed by atoms with Gasteiger partial charge in [0.05, 0.1) is 19.8 Å². The van der Waals surface area contributed by atoms with Crippen molar-refractivity contribution in [1.82, 2.24) is 4.90 Å². The maximum absolute atomic E-state index is 11.5. The molecule has 2 saturated heterocycles. The molecule has 2 aliphatic heterocycles. The summed E-state index contributed by atoms with van der Waals surface area (Å²) in [4.78, 5) is 13.8. The largest absolute Gasteiger partial charge is 0.466 e. The van der Waals surface area contributed by atoms with Gasteiger partial charge in [0.1, 0.15) is 6.23 Å². The highest BCUT2D eigenvalue weighted by Gasteiger charge is 2.38. The Bertz CT molecular complexity index is 512. The molecule has 0 amide bonds. The van der Waals surface area contributed by atoms with Crippen LogP contribution in [-0.4, -0.2) is 30.8 Å². The molecule has 2 heterocycles. The molecule has 3 rings (SSSR count). The molecule has 0 aromatic heterocycles. The molecule has 0 aliphatic carbocycles. The van der Waals surface area contributed by atoms with Crippen LogP contribution in [-0.2, 0) is 14.3 Å². The second-order valence-electron chi connectivity index (χ2n) is 5.17. The number of carbonyl (C=O) groups is 1. The zero-order valence-electron chi connectivity index (χ0n) is 11.6. The Hall–Kier alpha value is -1.81. The molecule has 0 N–H and O–H groups in total. The zero-order valence-corrected chi connectivity index (χ0v) is 11.6. The summed E-state index contributed by atoms with van der Waals surface area (Å²) in [7, 11) is 1.41. The fourth-order valence-corrected chi connectivity index (χ4v) is 3.03. The van der Waals surface area contributed by atoms with Gasteiger partial charge in [0.2, 0.25) is 0 Å². The number of carbonyl (C=O) groups excluding carboxylic acids is 1. The summed E-state index contributed by atoms with van der Waals surface area (Å²) in [5, 5.41) is 0. The minimum absolute atomic E-state index is 0.0878. The maximum Gasteiger partial charge on any atom is 0.332 e. The Kier molecular flexibility index (Phi) is 3.74. The molecule has 0 saturated carbocycles. The second-order valence-corrected chi connectivity index (χ2v) is 5.17. The van der Waals surface area contributed by atoms with Gasteiger partial charge in [-0.3, -0.25) is 0 Å².